The van der Waals surface area contributed by atoms with Crippen LogP contribution in [0.5, 0.6) is 0 Å². The van der Waals surface area contributed by atoms with Crippen LogP contribution in [0.2, 0.25) is 0 Å². The van der Waals surface area contributed by atoms with Crippen LogP contribution in [0.25, 0.3) is 11.8 Å². The van der Waals surface area contributed by atoms with Crippen molar-refractivity contribution in [3.05, 3.63) is 81.7 Å². The second-order valence-corrected chi connectivity index (χ2v) is 8.05. The molecular weight excluding hydrogens is 454 g/mol. The predicted molar refractivity (Wildman–Crippen MR) is 124 cm³/mol. The van der Waals surface area contributed by atoms with Crippen molar-refractivity contribution in [2.45, 2.75) is 27.3 Å². The van der Waals surface area contributed by atoms with Crippen LogP contribution < -0.4 is 5.32 Å². The summed E-state index contributed by atoms with van der Waals surface area (Å²) in [6.07, 6.45) is 1.58. The van der Waals surface area contributed by atoms with E-state index in [1.165, 1.54) is 19.2 Å². The number of methoxy groups -OCH3 is 1. The number of aromatic carboxylic acids is 1. The number of nitrogens with one attached hydrogen (secondary N) is 1. The van der Waals surface area contributed by atoms with Crippen LogP contribution in [-0.4, -0.2) is 45.6 Å². The van der Waals surface area contributed by atoms with E-state index in [1.54, 1.807) is 25.1 Å². The highest BCUT2D eigenvalue weighted by molar-refractivity contribution is 6.14. The summed E-state index contributed by atoms with van der Waals surface area (Å²) in [7, 11) is 1.22. The highest BCUT2D eigenvalue weighted by atomic mass is 16.5. The third-order valence-corrected chi connectivity index (χ3v) is 5.87. The average Bonchev–Trinajstić information content (AvgIpc) is 3.47. The van der Waals surface area contributed by atoms with Gasteiger partial charge >= 0.3 is 18.0 Å². The average molecular weight is 477 g/mol. The number of nitrogens with zero attached hydrogens (tertiary/aromatic N) is 2. The zero-order valence-corrected chi connectivity index (χ0v) is 19.5. The Morgan fingerprint density at radius 2 is 1.89 bits per heavy atom. The van der Waals surface area contributed by atoms with Crippen molar-refractivity contribution in [3.8, 4) is 5.69 Å². The van der Waals surface area contributed by atoms with E-state index in [1.807, 2.05) is 30.5 Å². The summed E-state index contributed by atoms with van der Waals surface area (Å²) < 4.78 is 11.9. The number of esters is 1. The van der Waals surface area contributed by atoms with Gasteiger partial charge in [-0.15, -0.1) is 0 Å². The second kappa shape index (κ2) is 8.98. The number of urea groups is 1. The zero-order chi connectivity index (χ0) is 25.4. The summed E-state index contributed by atoms with van der Waals surface area (Å²) in [5, 5.41) is 12.0. The lowest BCUT2D eigenvalue weighted by Crippen LogP contribution is -2.30. The van der Waals surface area contributed by atoms with Gasteiger partial charge in [-0.1, -0.05) is 6.07 Å². The molecule has 180 valence electrons. The van der Waals surface area contributed by atoms with Gasteiger partial charge in [-0.2, -0.15) is 0 Å². The minimum atomic E-state index is -1.01. The number of imide groups is 1. The molecule has 10 nitrogen and oxygen atoms in total. The molecule has 35 heavy (non-hydrogen) atoms. The molecule has 2 N–H and O–H groups in total. The van der Waals surface area contributed by atoms with Crippen LogP contribution in [0.3, 0.4) is 0 Å². The number of amides is 3. The number of carboxylic acids is 1. The van der Waals surface area contributed by atoms with Crippen LogP contribution in [0, 0.1) is 20.8 Å². The molecule has 3 amide bonds. The van der Waals surface area contributed by atoms with Crippen LogP contribution in [0.1, 0.15) is 49.2 Å². The number of carboxylic acid groups (broad SMARTS) is 1. The van der Waals surface area contributed by atoms with Crippen molar-refractivity contribution in [2.24, 2.45) is 0 Å². The van der Waals surface area contributed by atoms with E-state index in [0.717, 1.165) is 16.3 Å². The van der Waals surface area contributed by atoms with Crippen LogP contribution in [0.4, 0.5) is 4.79 Å². The fourth-order valence-corrected chi connectivity index (χ4v) is 4.10. The highest BCUT2D eigenvalue weighted by Crippen LogP contribution is 2.27. The minimum Gasteiger partial charge on any atom is -0.478 e. The summed E-state index contributed by atoms with van der Waals surface area (Å²) in [6, 6.07) is 9.20. The molecule has 4 rings (SSSR count). The Balaban J connectivity index is 1.63. The second-order valence-electron chi connectivity index (χ2n) is 8.05. The molecule has 2 aromatic heterocycles. The van der Waals surface area contributed by atoms with Gasteiger partial charge in [0.1, 0.15) is 11.5 Å². The summed E-state index contributed by atoms with van der Waals surface area (Å²) in [4.78, 5) is 49.5. The number of hydrogen-bond acceptors (Lipinski definition) is 6. The quantitative estimate of drug-likeness (QED) is 0.315. The van der Waals surface area contributed by atoms with E-state index in [4.69, 9.17) is 4.42 Å². The lowest BCUT2D eigenvalue weighted by atomic mass is 10.1. The number of furan rings is 1. The smallest absolute Gasteiger partial charge is 0.373 e. The number of benzene rings is 1. The molecule has 0 saturated carbocycles. The van der Waals surface area contributed by atoms with E-state index in [0.29, 0.717) is 16.8 Å². The number of aryl methyl sites for hydroxylation is 1. The first-order valence-corrected chi connectivity index (χ1v) is 10.7. The fourth-order valence-electron chi connectivity index (χ4n) is 4.10. The number of rotatable bonds is 6. The van der Waals surface area contributed by atoms with Gasteiger partial charge in [0.05, 0.1) is 19.2 Å². The van der Waals surface area contributed by atoms with Crippen molar-refractivity contribution in [1.29, 1.82) is 0 Å². The molecule has 0 aliphatic carbocycles. The van der Waals surface area contributed by atoms with Crippen molar-refractivity contribution in [1.82, 2.24) is 14.8 Å². The predicted octanol–water partition coefficient (Wildman–Crippen LogP) is 3.57. The van der Waals surface area contributed by atoms with E-state index in [2.05, 4.69) is 10.1 Å². The zero-order valence-electron chi connectivity index (χ0n) is 19.5. The first-order chi connectivity index (χ1) is 16.6. The number of ether oxygens (including phenoxy) is 1. The largest absolute Gasteiger partial charge is 0.478 e. The maximum absolute atomic E-state index is 12.9. The number of carbonyl (C=O) groups excluding carboxylic acids is 3. The van der Waals surface area contributed by atoms with Gasteiger partial charge in [-0.25, -0.2) is 14.4 Å². The minimum absolute atomic E-state index is 0.0278. The summed E-state index contributed by atoms with van der Waals surface area (Å²) in [6.45, 7) is 5.31. The lowest BCUT2D eigenvalue weighted by Gasteiger charge is -2.14. The Kier molecular flexibility index (Phi) is 6.04. The Hall–Kier alpha value is -4.60. The SMILES string of the molecule is COC(=O)c1ccc(CN2C(=O)N/C(=C\c3cc(C)n(-c4cccc(C(=O)O)c4C)c3C)C2=O)o1. The molecule has 3 heterocycles. The van der Waals surface area contributed by atoms with Gasteiger partial charge < -0.3 is 24.1 Å². The Labute approximate surface area is 200 Å². The molecule has 1 saturated heterocycles. The van der Waals surface area contributed by atoms with E-state index in [9.17, 15) is 24.3 Å². The molecule has 1 aliphatic rings. The molecule has 0 bridgehead atoms. The molecule has 0 radical (unpaired) electrons. The molecular formula is C25H23N3O7. The lowest BCUT2D eigenvalue weighted by molar-refractivity contribution is -0.123. The summed E-state index contributed by atoms with van der Waals surface area (Å²) >= 11 is 0. The maximum atomic E-state index is 12.9. The van der Waals surface area contributed by atoms with Gasteiger partial charge in [-0.3, -0.25) is 9.69 Å². The van der Waals surface area contributed by atoms with Crippen molar-refractivity contribution >= 4 is 30.0 Å². The number of aromatic nitrogens is 1. The van der Waals surface area contributed by atoms with Crippen LogP contribution >= 0.6 is 0 Å². The van der Waals surface area contributed by atoms with Crippen molar-refractivity contribution in [2.75, 3.05) is 7.11 Å². The van der Waals surface area contributed by atoms with E-state index in [-0.39, 0.29) is 29.3 Å². The van der Waals surface area contributed by atoms with Gasteiger partial charge in [0.25, 0.3) is 5.91 Å². The van der Waals surface area contributed by atoms with Crippen LogP contribution in [-0.2, 0) is 16.1 Å². The van der Waals surface area contributed by atoms with E-state index >= 15 is 0 Å². The molecule has 3 aromatic rings. The first kappa shape index (κ1) is 23.6. The van der Waals surface area contributed by atoms with Gasteiger partial charge in [0.2, 0.25) is 5.76 Å². The molecule has 1 fully saturated rings. The normalized spacial score (nSPS) is 14.5. The molecule has 0 unspecified atom stereocenters. The fraction of sp³-hybridized carbons (Fsp3) is 0.200. The number of hydrogen-bond donors (Lipinski definition) is 2. The molecule has 0 atom stereocenters. The van der Waals surface area contributed by atoms with Crippen molar-refractivity contribution < 1.29 is 33.4 Å². The topological polar surface area (TPSA) is 131 Å². The van der Waals surface area contributed by atoms with E-state index < -0.39 is 23.9 Å². The molecule has 0 spiro atoms. The maximum Gasteiger partial charge on any atom is 0.373 e. The standard InChI is InChI=1S/C25H23N3O7/c1-13-10-16(15(3)28(13)20-7-5-6-18(14(20)2)23(30)31)11-19-22(29)27(25(33)26-19)12-17-8-9-21(35-17)24(32)34-4/h5-11H,12H2,1-4H3,(H,26,33)(H,30,31)/b19-11-. The summed E-state index contributed by atoms with van der Waals surface area (Å²) in [5.74, 6) is -1.99. The molecule has 10 heteroatoms. The first-order valence-electron chi connectivity index (χ1n) is 10.7. The molecule has 1 aliphatic heterocycles. The Morgan fingerprint density at radius 1 is 1.14 bits per heavy atom. The highest BCUT2D eigenvalue weighted by Gasteiger charge is 2.34. The van der Waals surface area contributed by atoms with Crippen molar-refractivity contribution in [3.63, 3.8) is 0 Å². The third-order valence-electron chi connectivity index (χ3n) is 5.87. The molecule has 1 aromatic carbocycles. The van der Waals surface area contributed by atoms with Gasteiger partial charge in [0, 0.05) is 17.1 Å². The monoisotopic (exact) mass is 477 g/mol. The van der Waals surface area contributed by atoms with Crippen LogP contribution in [0.15, 0.2) is 46.5 Å². The third kappa shape index (κ3) is 4.21. The summed E-state index contributed by atoms with van der Waals surface area (Å²) in [5.41, 5.74) is 3.92. The Morgan fingerprint density at radius 3 is 2.57 bits per heavy atom. The Bertz CT molecular complexity index is 1410. The van der Waals surface area contributed by atoms with Gasteiger partial charge in [-0.05, 0) is 68.3 Å². The van der Waals surface area contributed by atoms with Gasteiger partial charge in [0.15, 0.2) is 0 Å². The number of carbonyl (C=O) groups is 4.